The van der Waals surface area contributed by atoms with Gasteiger partial charge in [0.25, 0.3) is 0 Å². The van der Waals surface area contributed by atoms with Gasteiger partial charge in [0.15, 0.2) is 0 Å². The molecule has 16 heavy (non-hydrogen) atoms. The second kappa shape index (κ2) is 4.10. The number of nitrogens with one attached hydrogen (secondary N) is 1. The molecule has 0 aliphatic carbocycles. The molecule has 1 aromatic rings. The zero-order valence-corrected chi connectivity index (χ0v) is 9.95. The lowest BCUT2D eigenvalue weighted by Gasteiger charge is -2.36. The summed E-state index contributed by atoms with van der Waals surface area (Å²) in [5, 5.41) is 3.63. The van der Waals surface area contributed by atoms with Gasteiger partial charge in [-0.05, 0) is 44.4 Å². The van der Waals surface area contributed by atoms with Gasteiger partial charge in [-0.3, -0.25) is 0 Å². The molecule has 3 rings (SSSR count). The predicted molar refractivity (Wildman–Crippen MR) is 67.9 cm³/mol. The van der Waals surface area contributed by atoms with Gasteiger partial charge in [0.1, 0.15) is 0 Å². The van der Waals surface area contributed by atoms with Crippen LogP contribution in [0.2, 0.25) is 0 Å². The molecule has 0 spiro atoms. The predicted octanol–water partition coefficient (Wildman–Crippen LogP) is 2.18. The quantitative estimate of drug-likeness (QED) is 0.774. The molecule has 2 aliphatic rings. The van der Waals surface area contributed by atoms with Crippen LogP contribution in [0.5, 0.6) is 0 Å². The van der Waals surface area contributed by atoms with E-state index in [0.29, 0.717) is 0 Å². The van der Waals surface area contributed by atoms with Crippen molar-refractivity contribution >= 4 is 5.69 Å². The summed E-state index contributed by atoms with van der Waals surface area (Å²) in [6, 6.07) is 9.66. The van der Waals surface area contributed by atoms with E-state index < -0.39 is 0 Å². The standard InChI is InChI=1S/C14H20N2/c1-11-2-4-13(5-3-11)16-9-7-12-6-8-15-14(12)10-16/h2-5,12,14-15H,6-10H2,1H3. The van der Waals surface area contributed by atoms with Crippen molar-refractivity contribution in [1.29, 1.82) is 0 Å². The topological polar surface area (TPSA) is 15.3 Å². The van der Waals surface area contributed by atoms with Crippen LogP contribution in [-0.2, 0) is 0 Å². The number of benzene rings is 1. The van der Waals surface area contributed by atoms with Gasteiger partial charge in [-0.15, -0.1) is 0 Å². The van der Waals surface area contributed by atoms with Gasteiger partial charge >= 0.3 is 0 Å². The van der Waals surface area contributed by atoms with Crippen molar-refractivity contribution in [1.82, 2.24) is 5.32 Å². The highest BCUT2D eigenvalue weighted by atomic mass is 15.2. The third-order valence-electron chi connectivity index (χ3n) is 4.08. The average molecular weight is 216 g/mol. The van der Waals surface area contributed by atoms with Crippen molar-refractivity contribution in [2.24, 2.45) is 5.92 Å². The minimum atomic E-state index is 0.732. The maximum atomic E-state index is 3.63. The normalized spacial score (nSPS) is 29.2. The van der Waals surface area contributed by atoms with Crippen LogP contribution >= 0.6 is 0 Å². The molecule has 2 heterocycles. The Balaban J connectivity index is 1.74. The van der Waals surface area contributed by atoms with E-state index in [1.807, 2.05) is 0 Å². The molecule has 1 aromatic carbocycles. The molecular formula is C14H20N2. The third kappa shape index (κ3) is 1.82. The Hall–Kier alpha value is -1.02. The highest BCUT2D eigenvalue weighted by Gasteiger charge is 2.32. The molecule has 1 N–H and O–H groups in total. The highest BCUT2D eigenvalue weighted by molar-refractivity contribution is 5.48. The van der Waals surface area contributed by atoms with Crippen LogP contribution < -0.4 is 10.2 Å². The summed E-state index contributed by atoms with van der Waals surface area (Å²) in [5.41, 5.74) is 2.73. The van der Waals surface area contributed by atoms with E-state index in [1.165, 1.54) is 43.7 Å². The Morgan fingerprint density at radius 1 is 1.19 bits per heavy atom. The van der Waals surface area contributed by atoms with Crippen LogP contribution in [0.1, 0.15) is 18.4 Å². The van der Waals surface area contributed by atoms with Crippen molar-refractivity contribution in [3.63, 3.8) is 0 Å². The minimum absolute atomic E-state index is 0.732. The van der Waals surface area contributed by atoms with Gasteiger partial charge < -0.3 is 10.2 Å². The molecule has 0 bridgehead atoms. The first kappa shape index (κ1) is 10.2. The van der Waals surface area contributed by atoms with Crippen LogP contribution in [0.4, 0.5) is 5.69 Å². The van der Waals surface area contributed by atoms with Crippen molar-refractivity contribution in [2.75, 3.05) is 24.5 Å². The average Bonchev–Trinajstić information content (AvgIpc) is 2.77. The maximum absolute atomic E-state index is 3.63. The van der Waals surface area contributed by atoms with Gasteiger partial charge in [-0.1, -0.05) is 17.7 Å². The molecular weight excluding hydrogens is 196 g/mol. The van der Waals surface area contributed by atoms with Gasteiger partial charge in [0, 0.05) is 24.8 Å². The molecule has 0 aromatic heterocycles. The molecule has 0 saturated carbocycles. The molecule has 0 amide bonds. The van der Waals surface area contributed by atoms with Crippen LogP contribution in [0.25, 0.3) is 0 Å². The molecule has 2 heteroatoms. The van der Waals surface area contributed by atoms with E-state index in [0.717, 1.165) is 12.0 Å². The Morgan fingerprint density at radius 2 is 2.00 bits per heavy atom. The highest BCUT2D eigenvalue weighted by Crippen LogP contribution is 2.28. The van der Waals surface area contributed by atoms with Gasteiger partial charge in [0.2, 0.25) is 0 Å². The second-order valence-corrected chi connectivity index (χ2v) is 5.18. The van der Waals surface area contributed by atoms with Gasteiger partial charge in [-0.2, -0.15) is 0 Å². The first-order chi connectivity index (χ1) is 7.83. The molecule has 2 aliphatic heterocycles. The Bertz CT molecular complexity index is 358. The molecule has 86 valence electrons. The molecule has 2 atom stereocenters. The zero-order chi connectivity index (χ0) is 11.0. The van der Waals surface area contributed by atoms with Crippen molar-refractivity contribution in [2.45, 2.75) is 25.8 Å². The van der Waals surface area contributed by atoms with Crippen LogP contribution in [0, 0.1) is 12.8 Å². The van der Waals surface area contributed by atoms with Crippen LogP contribution in [0.15, 0.2) is 24.3 Å². The summed E-state index contributed by atoms with van der Waals surface area (Å²) in [7, 11) is 0. The lowest BCUT2D eigenvalue weighted by atomic mass is 9.92. The number of aryl methyl sites for hydroxylation is 1. The van der Waals surface area contributed by atoms with Crippen molar-refractivity contribution in [3.05, 3.63) is 29.8 Å². The zero-order valence-electron chi connectivity index (χ0n) is 9.95. The molecule has 2 saturated heterocycles. The number of piperidine rings is 1. The molecule has 2 nitrogen and oxygen atoms in total. The number of hydrogen-bond acceptors (Lipinski definition) is 2. The first-order valence-electron chi connectivity index (χ1n) is 6.38. The fourth-order valence-corrected chi connectivity index (χ4v) is 3.02. The van der Waals surface area contributed by atoms with Crippen LogP contribution in [0.3, 0.4) is 0 Å². The number of nitrogens with zero attached hydrogens (tertiary/aromatic N) is 1. The van der Waals surface area contributed by atoms with Gasteiger partial charge in [0.05, 0.1) is 0 Å². The molecule has 0 radical (unpaired) electrons. The summed E-state index contributed by atoms with van der Waals surface area (Å²) >= 11 is 0. The fraction of sp³-hybridized carbons (Fsp3) is 0.571. The second-order valence-electron chi connectivity index (χ2n) is 5.18. The van der Waals surface area contributed by atoms with E-state index >= 15 is 0 Å². The lowest BCUT2D eigenvalue weighted by molar-refractivity contribution is 0.374. The van der Waals surface area contributed by atoms with E-state index in [1.54, 1.807) is 0 Å². The lowest BCUT2D eigenvalue weighted by Crippen LogP contribution is -2.46. The fourth-order valence-electron chi connectivity index (χ4n) is 3.02. The molecule has 2 fully saturated rings. The summed E-state index contributed by atoms with van der Waals surface area (Å²) in [6.07, 6.45) is 2.73. The SMILES string of the molecule is Cc1ccc(N2CCC3CCNC3C2)cc1. The number of fused-ring (bicyclic) bond motifs is 1. The van der Waals surface area contributed by atoms with E-state index in [4.69, 9.17) is 0 Å². The minimum Gasteiger partial charge on any atom is -0.370 e. The number of anilines is 1. The smallest absolute Gasteiger partial charge is 0.0366 e. The van der Waals surface area contributed by atoms with Crippen LogP contribution in [-0.4, -0.2) is 25.7 Å². The van der Waals surface area contributed by atoms with Gasteiger partial charge in [-0.25, -0.2) is 0 Å². The Morgan fingerprint density at radius 3 is 2.81 bits per heavy atom. The van der Waals surface area contributed by atoms with E-state index in [-0.39, 0.29) is 0 Å². The van der Waals surface area contributed by atoms with Crippen molar-refractivity contribution in [3.8, 4) is 0 Å². The van der Waals surface area contributed by atoms with Crippen molar-refractivity contribution < 1.29 is 0 Å². The van der Waals surface area contributed by atoms with E-state index in [9.17, 15) is 0 Å². The summed E-state index contributed by atoms with van der Waals surface area (Å²) in [5.74, 6) is 0.932. The third-order valence-corrected chi connectivity index (χ3v) is 4.08. The summed E-state index contributed by atoms with van der Waals surface area (Å²) < 4.78 is 0. The largest absolute Gasteiger partial charge is 0.370 e. The first-order valence-corrected chi connectivity index (χ1v) is 6.38. The summed E-state index contributed by atoms with van der Waals surface area (Å²) in [4.78, 5) is 2.53. The molecule has 2 unspecified atom stereocenters. The number of hydrogen-bond donors (Lipinski definition) is 1. The Labute approximate surface area is 97.6 Å². The van der Waals surface area contributed by atoms with E-state index in [2.05, 4.69) is 41.4 Å². The maximum Gasteiger partial charge on any atom is 0.0366 e. The summed E-state index contributed by atoms with van der Waals surface area (Å²) in [6.45, 7) is 5.78. The monoisotopic (exact) mass is 216 g/mol. The number of rotatable bonds is 1. The Kier molecular flexibility index (Phi) is 2.60.